The molecule has 1 aliphatic heterocycles. The standard InChI is InChI=1S/C9H17NO3/c1-8(13)5-10-9(2-3-9)6(4-11)7(8)12/h6-7,10-13H,2-5H2,1H3. The van der Waals surface area contributed by atoms with Gasteiger partial charge in [0.05, 0.1) is 12.7 Å². The summed E-state index contributed by atoms with van der Waals surface area (Å²) in [4.78, 5) is 0. The summed E-state index contributed by atoms with van der Waals surface area (Å²) in [7, 11) is 0. The first-order valence-corrected chi connectivity index (χ1v) is 4.78. The number of aliphatic hydroxyl groups excluding tert-OH is 2. The summed E-state index contributed by atoms with van der Waals surface area (Å²) in [6, 6.07) is 0. The van der Waals surface area contributed by atoms with Crippen LogP contribution in [-0.4, -0.2) is 45.7 Å². The lowest BCUT2D eigenvalue weighted by molar-refractivity contribution is -0.131. The van der Waals surface area contributed by atoms with Gasteiger partial charge in [0.15, 0.2) is 0 Å². The Bertz CT molecular complexity index is 213. The molecule has 4 N–H and O–H groups in total. The van der Waals surface area contributed by atoms with E-state index >= 15 is 0 Å². The highest BCUT2D eigenvalue weighted by Gasteiger charge is 2.58. The Kier molecular flexibility index (Phi) is 1.93. The third-order valence-electron chi connectivity index (χ3n) is 3.51. The molecule has 2 rings (SSSR count). The predicted octanol–water partition coefficient (Wildman–Crippen LogP) is -1.16. The Morgan fingerprint density at radius 2 is 2.08 bits per heavy atom. The molecule has 1 aliphatic carbocycles. The van der Waals surface area contributed by atoms with Crippen molar-refractivity contribution in [3.05, 3.63) is 0 Å². The van der Waals surface area contributed by atoms with Crippen molar-refractivity contribution in [2.24, 2.45) is 5.92 Å². The smallest absolute Gasteiger partial charge is 0.100 e. The van der Waals surface area contributed by atoms with E-state index in [4.69, 9.17) is 5.11 Å². The van der Waals surface area contributed by atoms with Crippen molar-refractivity contribution in [1.82, 2.24) is 5.32 Å². The van der Waals surface area contributed by atoms with Gasteiger partial charge in [-0.3, -0.25) is 0 Å². The molecule has 4 heteroatoms. The van der Waals surface area contributed by atoms with Crippen LogP contribution in [0.5, 0.6) is 0 Å². The predicted molar refractivity (Wildman–Crippen MR) is 47.2 cm³/mol. The van der Waals surface area contributed by atoms with Crippen LogP contribution in [0, 0.1) is 5.92 Å². The second-order valence-electron chi connectivity index (χ2n) is 4.60. The van der Waals surface area contributed by atoms with Gasteiger partial charge in [-0.2, -0.15) is 0 Å². The molecule has 0 radical (unpaired) electrons. The molecule has 13 heavy (non-hydrogen) atoms. The zero-order valence-electron chi connectivity index (χ0n) is 7.82. The average molecular weight is 187 g/mol. The molecule has 3 unspecified atom stereocenters. The zero-order chi connectivity index (χ0) is 9.69. The van der Waals surface area contributed by atoms with Crippen molar-refractivity contribution in [3.63, 3.8) is 0 Å². The number of aliphatic hydroxyl groups is 3. The lowest BCUT2D eigenvalue weighted by Gasteiger charge is -2.44. The van der Waals surface area contributed by atoms with E-state index in [1.807, 2.05) is 0 Å². The van der Waals surface area contributed by atoms with Crippen molar-refractivity contribution in [3.8, 4) is 0 Å². The van der Waals surface area contributed by atoms with Crippen LogP contribution in [0.1, 0.15) is 19.8 Å². The first kappa shape index (κ1) is 9.40. The van der Waals surface area contributed by atoms with Crippen molar-refractivity contribution in [2.75, 3.05) is 13.2 Å². The van der Waals surface area contributed by atoms with Crippen molar-refractivity contribution >= 4 is 0 Å². The van der Waals surface area contributed by atoms with E-state index in [9.17, 15) is 10.2 Å². The van der Waals surface area contributed by atoms with E-state index in [0.717, 1.165) is 12.8 Å². The second kappa shape index (κ2) is 2.67. The van der Waals surface area contributed by atoms with Crippen LogP contribution in [0.3, 0.4) is 0 Å². The summed E-state index contributed by atoms with van der Waals surface area (Å²) < 4.78 is 0. The topological polar surface area (TPSA) is 72.7 Å². The Balaban J connectivity index is 2.17. The van der Waals surface area contributed by atoms with E-state index in [-0.39, 0.29) is 18.1 Å². The highest BCUT2D eigenvalue weighted by molar-refractivity contribution is 5.15. The maximum absolute atomic E-state index is 9.82. The summed E-state index contributed by atoms with van der Waals surface area (Å²) in [6.45, 7) is 1.94. The molecular weight excluding hydrogens is 170 g/mol. The molecule has 76 valence electrons. The maximum atomic E-state index is 9.82. The third-order valence-corrected chi connectivity index (χ3v) is 3.51. The minimum Gasteiger partial charge on any atom is -0.396 e. The fraction of sp³-hybridized carbons (Fsp3) is 1.00. The molecule has 0 aromatic heterocycles. The normalized spacial score (nSPS) is 48.0. The Morgan fingerprint density at radius 3 is 2.54 bits per heavy atom. The molecule has 1 spiro atoms. The fourth-order valence-corrected chi connectivity index (χ4v) is 2.28. The van der Waals surface area contributed by atoms with E-state index in [2.05, 4.69) is 5.32 Å². The Labute approximate surface area is 77.6 Å². The summed E-state index contributed by atoms with van der Waals surface area (Å²) in [5, 5.41) is 32.0. The van der Waals surface area contributed by atoms with E-state index in [0.29, 0.717) is 6.54 Å². The van der Waals surface area contributed by atoms with Crippen LogP contribution in [0.15, 0.2) is 0 Å². The molecule has 2 aliphatic rings. The summed E-state index contributed by atoms with van der Waals surface area (Å²) in [5.74, 6) is -0.226. The summed E-state index contributed by atoms with van der Waals surface area (Å²) in [5.41, 5.74) is -1.20. The number of hydrogen-bond acceptors (Lipinski definition) is 4. The Hall–Kier alpha value is -0.160. The summed E-state index contributed by atoms with van der Waals surface area (Å²) in [6.07, 6.45) is 1.16. The second-order valence-corrected chi connectivity index (χ2v) is 4.60. The van der Waals surface area contributed by atoms with E-state index in [1.54, 1.807) is 6.92 Å². The molecule has 2 fully saturated rings. The molecule has 0 aromatic carbocycles. The van der Waals surface area contributed by atoms with Gasteiger partial charge in [-0.15, -0.1) is 0 Å². The highest BCUT2D eigenvalue weighted by Crippen LogP contribution is 2.47. The molecule has 1 heterocycles. The number of piperidine rings is 1. The molecule has 0 aromatic rings. The van der Waals surface area contributed by atoms with Gasteiger partial charge in [-0.1, -0.05) is 0 Å². The van der Waals surface area contributed by atoms with Gasteiger partial charge in [0, 0.05) is 18.0 Å². The minimum absolute atomic E-state index is 0.0652. The fourth-order valence-electron chi connectivity index (χ4n) is 2.28. The van der Waals surface area contributed by atoms with E-state index in [1.165, 1.54) is 0 Å². The molecule has 4 nitrogen and oxygen atoms in total. The lowest BCUT2D eigenvalue weighted by atomic mass is 9.78. The maximum Gasteiger partial charge on any atom is 0.100 e. The third kappa shape index (κ3) is 1.29. The first-order chi connectivity index (χ1) is 6.02. The van der Waals surface area contributed by atoms with Crippen LogP contribution in [-0.2, 0) is 0 Å². The summed E-state index contributed by atoms with van der Waals surface area (Å²) >= 11 is 0. The van der Waals surface area contributed by atoms with Gasteiger partial charge in [0.1, 0.15) is 5.60 Å². The number of rotatable bonds is 1. The lowest BCUT2D eigenvalue weighted by Crippen LogP contribution is -2.64. The van der Waals surface area contributed by atoms with Crippen molar-refractivity contribution in [2.45, 2.75) is 37.0 Å². The van der Waals surface area contributed by atoms with Gasteiger partial charge in [0.2, 0.25) is 0 Å². The SMILES string of the molecule is CC1(O)CNC2(CC2)C(CO)C1O. The van der Waals surface area contributed by atoms with Gasteiger partial charge in [0.25, 0.3) is 0 Å². The van der Waals surface area contributed by atoms with Gasteiger partial charge < -0.3 is 20.6 Å². The molecule has 3 atom stereocenters. The van der Waals surface area contributed by atoms with Crippen molar-refractivity contribution in [1.29, 1.82) is 0 Å². The van der Waals surface area contributed by atoms with Crippen LogP contribution in [0.2, 0.25) is 0 Å². The van der Waals surface area contributed by atoms with E-state index < -0.39 is 11.7 Å². The largest absolute Gasteiger partial charge is 0.396 e. The highest BCUT2D eigenvalue weighted by atomic mass is 16.3. The minimum atomic E-state index is -1.11. The van der Waals surface area contributed by atoms with Crippen LogP contribution >= 0.6 is 0 Å². The zero-order valence-corrected chi connectivity index (χ0v) is 7.82. The van der Waals surface area contributed by atoms with Crippen LogP contribution in [0.25, 0.3) is 0 Å². The van der Waals surface area contributed by atoms with Gasteiger partial charge >= 0.3 is 0 Å². The van der Waals surface area contributed by atoms with Crippen LogP contribution in [0.4, 0.5) is 0 Å². The number of nitrogens with one attached hydrogen (secondary N) is 1. The number of hydrogen-bond donors (Lipinski definition) is 4. The molecular formula is C9H17NO3. The first-order valence-electron chi connectivity index (χ1n) is 4.78. The Morgan fingerprint density at radius 1 is 1.46 bits per heavy atom. The van der Waals surface area contributed by atoms with Gasteiger partial charge in [-0.05, 0) is 19.8 Å². The van der Waals surface area contributed by atoms with Gasteiger partial charge in [-0.25, -0.2) is 0 Å². The van der Waals surface area contributed by atoms with Crippen molar-refractivity contribution < 1.29 is 15.3 Å². The quantitative estimate of drug-likeness (QED) is 0.418. The molecule has 1 saturated carbocycles. The number of β-amino-alcohol motifs (C(OH)–C–C–N with tert-alkyl or cyclic N) is 1. The molecule has 0 bridgehead atoms. The monoisotopic (exact) mass is 187 g/mol. The molecule has 0 amide bonds. The van der Waals surface area contributed by atoms with Crippen LogP contribution < -0.4 is 5.32 Å². The average Bonchev–Trinajstić information content (AvgIpc) is 2.82. The molecule has 1 saturated heterocycles.